The summed E-state index contributed by atoms with van der Waals surface area (Å²) in [7, 11) is 0. The number of nitrogens with zero attached hydrogens (tertiary/aromatic N) is 2. The van der Waals surface area contributed by atoms with Crippen molar-refractivity contribution in [3.63, 3.8) is 0 Å². The van der Waals surface area contributed by atoms with E-state index in [-0.39, 0.29) is 5.75 Å². The van der Waals surface area contributed by atoms with Gasteiger partial charge in [0.1, 0.15) is 0 Å². The van der Waals surface area contributed by atoms with Crippen molar-refractivity contribution in [2.24, 2.45) is 0 Å². The molecule has 66 valence electrons. The van der Waals surface area contributed by atoms with Crippen molar-refractivity contribution < 1.29 is 8.78 Å². The third-order valence-corrected chi connectivity index (χ3v) is 1.98. The normalized spacial score (nSPS) is 10.7. The van der Waals surface area contributed by atoms with Crippen LogP contribution in [0.2, 0.25) is 0 Å². The van der Waals surface area contributed by atoms with Crippen LogP contribution < -0.4 is 0 Å². The molecule has 2 nitrogen and oxygen atoms in total. The smallest absolute Gasteiger partial charge is 0.231 e. The Labute approximate surface area is 73.4 Å². The summed E-state index contributed by atoms with van der Waals surface area (Å²) in [5, 5.41) is 0.404. The fraction of sp³-hybridized carbons (Fsp3) is 0.429. The Kier molecular flexibility index (Phi) is 3.40. The number of hydrogen-bond donors (Lipinski definition) is 0. The van der Waals surface area contributed by atoms with Gasteiger partial charge in [0.05, 0.1) is 5.75 Å². The molecule has 0 fully saturated rings. The van der Waals surface area contributed by atoms with Gasteiger partial charge in [-0.25, -0.2) is 18.7 Å². The highest BCUT2D eigenvalue weighted by molar-refractivity contribution is 7.99. The average Bonchev–Trinajstić information content (AvgIpc) is 2.03. The zero-order valence-electron chi connectivity index (χ0n) is 6.50. The molecule has 0 atom stereocenters. The second-order valence-electron chi connectivity index (χ2n) is 2.25. The van der Waals surface area contributed by atoms with Gasteiger partial charge in [0.25, 0.3) is 0 Å². The molecule has 0 aliphatic heterocycles. The molecule has 0 N–H and O–H groups in total. The molecule has 0 saturated heterocycles. The maximum absolute atomic E-state index is 11.7. The van der Waals surface area contributed by atoms with Crippen LogP contribution in [0.5, 0.6) is 0 Å². The molecule has 5 heteroatoms. The van der Waals surface area contributed by atoms with Crippen LogP contribution in [0, 0.1) is 6.92 Å². The summed E-state index contributed by atoms with van der Waals surface area (Å²) in [6.45, 7) is 1.85. The number of alkyl halides is 2. The van der Waals surface area contributed by atoms with Gasteiger partial charge in [-0.1, -0.05) is 11.8 Å². The lowest BCUT2D eigenvalue weighted by molar-refractivity contribution is 0.176. The molecule has 0 unspecified atom stereocenters. The van der Waals surface area contributed by atoms with Crippen molar-refractivity contribution in [3.05, 3.63) is 18.0 Å². The molecule has 0 spiro atoms. The van der Waals surface area contributed by atoms with Gasteiger partial charge in [0, 0.05) is 12.4 Å². The molecule has 1 aromatic rings. The second kappa shape index (κ2) is 4.35. The van der Waals surface area contributed by atoms with Crippen LogP contribution in [0.4, 0.5) is 8.78 Å². The second-order valence-corrected chi connectivity index (χ2v) is 3.23. The van der Waals surface area contributed by atoms with E-state index in [2.05, 4.69) is 9.97 Å². The summed E-state index contributed by atoms with van der Waals surface area (Å²) in [4.78, 5) is 7.74. The lowest BCUT2D eigenvalue weighted by Gasteiger charge is -1.98. The standard InChI is InChI=1S/C7H8F2N2S/c1-5-2-10-7(11-3-5)12-4-6(8)9/h2-3,6H,4H2,1H3. The molecule has 0 saturated carbocycles. The molecule has 0 bridgehead atoms. The van der Waals surface area contributed by atoms with Crippen molar-refractivity contribution in [2.45, 2.75) is 18.5 Å². The lowest BCUT2D eigenvalue weighted by Crippen LogP contribution is -1.95. The van der Waals surface area contributed by atoms with Crippen LogP contribution in [-0.2, 0) is 0 Å². The number of halogens is 2. The maximum atomic E-state index is 11.7. The Morgan fingerprint density at radius 1 is 1.42 bits per heavy atom. The predicted molar refractivity (Wildman–Crippen MR) is 43.5 cm³/mol. The molecule has 1 rings (SSSR count). The van der Waals surface area contributed by atoms with E-state index >= 15 is 0 Å². The molecule has 0 aliphatic rings. The summed E-state index contributed by atoms with van der Waals surface area (Å²) in [6, 6.07) is 0. The first-order valence-electron chi connectivity index (χ1n) is 3.38. The van der Waals surface area contributed by atoms with Crippen molar-refractivity contribution in [2.75, 3.05) is 5.75 Å². The largest absolute Gasteiger partial charge is 0.248 e. The van der Waals surface area contributed by atoms with Crippen LogP contribution in [0.1, 0.15) is 5.56 Å². The van der Waals surface area contributed by atoms with Gasteiger partial charge in [-0.15, -0.1) is 0 Å². The molecule has 12 heavy (non-hydrogen) atoms. The van der Waals surface area contributed by atoms with Gasteiger partial charge in [0.2, 0.25) is 6.43 Å². The van der Waals surface area contributed by atoms with Gasteiger partial charge in [-0.05, 0) is 12.5 Å². The van der Waals surface area contributed by atoms with E-state index in [9.17, 15) is 8.78 Å². The maximum Gasteiger partial charge on any atom is 0.248 e. The van der Waals surface area contributed by atoms with Crippen LogP contribution in [0.3, 0.4) is 0 Å². The fourth-order valence-corrected chi connectivity index (χ4v) is 1.12. The Morgan fingerprint density at radius 3 is 2.50 bits per heavy atom. The minimum absolute atomic E-state index is 0.247. The van der Waals surface area contributed by atoms with E-state index in [1.165, 1.54) is 0 Å². The first kappa shape index (κ1) is 9.38. The van der Waals surface area contributed by atoms with Crippen molar-refractivity contribution in [3.8, 4) is 0 Å². The van der Waals surface area contributed by atoms with Gasteiger partial charge >= 0.3 is 0 Å². The van der Waals surface area contributed by atoms with E-state index in [0.717, 1.165) is 17.3 Å². The monoisotopic (exact) mass is 190 g/mol. The fourth-order valence-electron chi connectivity index (χ4n) is 0.593. The molecule has 1 aromatic heterocycles. The summed E-state index contributed by atoms with van der Waals surface area (Å²) in [5.74, 6) is -0.247. The van der Waals surface area contributed by atoms with Crippen molar-refractivity contribution in [1.82, 2.24) is 9.97 Å². The average molecular weight is 190 g/mol. The zero-order valence-corrected chi connectivity index (χ0v) is 7.31. The quantitative estimate of drug-likeness (QED) is 0.539. The SMILES string of the molecule is Cc1cnc(SCC(F)F)nc1. The van der Waals surface area contributed by atoms with Gasteiger partial charge < -0.3 is 0 Å². The Hall–Kier alpha value is -0.710. The number of thioether (sulfide) groups is 1. The predicted octanol–water partition coefficient (Wildman–Crippen LogP) is 2.14. The van der Waals surface area contributed by atoms with E-state index in [1.807, 2.05) is 6.92 Å². The molecular formula is C7H8F2N2S. The van der Waals surface area contributed by atoms with Crippen molar-refractivity contribution >= 4 is 11.8 Å². The van der Waals surface area contributed by atoms with Crippen LogP contribution >= 0.6 is 11.8 Å². The molecule has 0 aromatic carbocycles. The summed E-state index contributed by atoms with van der Waals surface area (Å²) < 4.78 is 23.4. The molecular weight excluding hydrogens is 182 g/mol. The Balaban J connectivity index is 2.48. The third kappa shape index (κ3) is 3.13. The first-order valence-corrected chi connectivity index (χ1v) is 4.36. The highest BCUT2D eigenvalue weighted by Gasteiger charge is 2.04. The summed E-state index contributed by atoms with van der Waals surface area (Å²) in [5.41, 5.74) is 0.927. The molecule has 0 amide bonds. The molecule has 1 heterocycles. The topological polar surface area (TPSA) is 25.8 Å². The van der Waals surface area contributed by atoms with Crippen LogP contribution in [0.25, 0.3) is 0 Å². The number of hydrogen-bond acceptors (Lipinski definition) is 3. The Morgan fingerprint density at radius 2 is 2.00 bits per heavy atom. The van der Waals surface area contributed by atoms with Gasteiger partial charge in [-0.3, -0.25) is 0 Å². The van der Waals surface area contributed by atoms with Gasteiger partial charge in [-0.2, -0.15) is 0 Å². The van der Waals surface area contributed by atoms with E-state index in [0.29, 0.717) is 5.16 Å². The lowest BCUT2D eigenvalue weighted by atomic mass is 10.4. The van der Waals surface area contributed by atoms with E-state index < -0.39 is 6.43 Å². The first-order chi connectivity index (χ1) is 5.68. The number of aromatic nitrogens is 2. The number of rotatable bonds is 3. The van der Waals surface area contributed by atoms with Crippen LogP contribution in [-0.4, -0.2) is 22.1 Å². The summed E-state index contributed by atoms with van der Waals surface area (Å²) >= 11 is 0.965. The number of aryl methyl sites for hydroxylation is 1. The minimum Gasteiger partial charge on any atom is -0.231 e. The zero-order chi connectivity index (χ0) is 8.97. The molecule has 0 aliphatic carbocycles. The van der Waals surface area contributed by atoms with E-state index in [1.54, 1.807) is 12.4 Å². The highest BCUT2D eigenvalue weighted by Crippen LogP contribution is 2.14. The van der Waals surface area contributed by atoms with Crippen molar-refractivity contribution in [1.29, 1.82) is 0 Å². The summed E-state index contributed by atoms with van der Waals surface area (Å²) in [6.07, 6.45) is 0.918. The molecule has 0 radical (unpaired) electrons. The Bertz CT molecular complexity index is 238. The van der Waals surface area contributed by atoms with E-state index in [4.69, 9.17) is 0 Å². The highest BCUT2D eigenvalue weighted by atomic mass is 32.2. The van der Waals surface area contributed by atoms with Gasteiger partial charge in [0.15, 0.2) is 5.16 Å². The minimum atomic E-state index is -2.31. The third-order valence-electron chi connectivity index (χ3n) is 1.10. The van der Waals surface area contributed by atoms with Crippen LogP contribution in [0.15, 0.2) is 17.6 Å².